The van der Waals surface area contributed by atoms with Gasteiger partial charge in [0.15, 0.2) is 0 Å². The molecule has 1 rings (SSSR count). The molecule has 1 heterocycles. The first-order valence-electron chi connectivity index (χ1n) is 32.8. The van der Waals surface area contributed by atoms with Crippen molar-refractivity contribution in [2.24, 2.45) is 0 Å². The summed E-state index contributed by atoms with van der Waals surface area (Å²) in [6.07, 6.45) is 44.9. The molecule has 1 atom stereocenters. The van der Waals surface area contributed by atoms with E-state index in [4.69, 9.17) is 9.47 Å². The Labute approximate surface area is 498 Å². The van der Waals surface area contributed by atoms with Crippen LogP contribution >= 0.6 is 0 Å². The van der Waals surface area contributed by atoms with Crippen LogP contribution in [0.5, 0.6) is 0 Å². The molecule has 1 fully saturated rings. The van der Waals surface area contributed by atoms with E-state index < -0.39 is 24.0 Å². The molecular formula is C65H120N6O11. The number of aliphatic carboxylic acids is 3. The molecule has 17 nitrogen and oxygen atoms in total. The third-order valence-corrected chi connectivity index (χ3v) is 15.5. The van der Waals surface area contributed by atoms with Gasteiger partial charge in [0.2, 0.25) is 5.91 Å². The van der Waals surface area contributed by atoms with Gasteiger partial charge in [-0.05, 0) is 110 Å². The van der Waals surface area contributed by atoms with E-state index >= 15 is 0 Å². The van der Waals surface area contributed by atoms with Gasteiger partial charge in [-0.25, -0.2) is 0 Å². The summed E-state index contributed by atoms with van der Waals surface area (Å²) < 4.78 is 11.7. The van der Waals surface area contributed by atoms with Crippen LogP contribution < -0.4 is 0 Å². The van der Waals surface area contributed by atoms with Crippen molar-refractivity contribution in [3.8, 4) is 0 Å². The van der Waals surface area contributed by atoms with Gasteiger partial charge in [0.05, 0.1) is 26.2 Å². The van der Waals surface area contributed by atoms with Crippen LogP contribution in [-0.2, 0) is 38.2 Å². The number of allylic oxidation sites excluding steroid dienone is 4. The normalized spacial score (nSPS) is 15.3. The molecule has 82 heavy (non-hydrogen) atoms. The van der Waals surface area contributed by atoms with E-state index in [2.05, 4.69) is 43.1 Å². The molecular weight excluding hydrogens is 1040 g/mol. The van der Waals surface area contributed by atoms with Crippen LogP contribution in [0.3, 0.4) is 0 Å². The van der Waals surface area contributed by atoms with Crippen LogP contribution in [0.1, 0.15) is 232 Å². The zero-order chi connectivity index (χ0) is 60.1. The van der Waals surface area contributed by atoms with Crippen LogP contribution in [0.15, 0.2) is 24.3 Å². The highest BCUT2D eigenvalue weighted by molar-refractivity contribution is 5.78. The van der Waals surface area contributed by atoms with Gasteiger partial charge in [-0.3, -0.25) is 48.4 Å². The second-order valence-corrected chi connectivity index (χ2v) is 23.4. The fourth-order valence-corrected chi connectivity index (χ4v) is 10.5. The summed E-state index contributed by atoms with van der Waals surface area (Å²) in [5.74, 6) is -3.30. The molecule has 0 bridgehead atoms. The first-order valence-corrected chi connectivity index (χ1v) is 32.8. The summed E-state index contributed by atoms with van der Waals surface area (Å²) in [4.78, 5) is 85.7. The van der Waals surface area contributed by atoms with Gasteiger partial charge in [-0.1, -0.05) is 154 Å². The number of carboxylic acids is 3. The Morgan fingerprint density at radius 3 is 1.17 bits per heavy atom. The van der Waals surface area contributed by atoms with Gasteiger partial charge in [-0.15, -0.1) is 0 Å². The van der Waals surface area contributed by atoms with Crippen molar-refractivity contribution in [2.45, 2.75) is 238 Å². The molecule has 1 unspecified atom stereocenters. The first-order chi connectivity index (χ1) is 39.7. The van der Waals surface area contributed by atoms with E-state index in [-0.39, 0.29) is 50.6 Å². The summed E-state index contributed by atoms with van der Waals surface area (Å²) in [7, 11) is 3.88. The predicted octanol–water partition coefficient (Wildman–Crippen LogP) is 11.7. The number of amides is 1. The highest BCUT2D eigenvalue weighted by atomic mass is 16.6. The Morgan fingerprint density at radius 1 is 0.427 bits per heavy atom. The number of carbonyl (C=O) groups excluding carboxylic acids is 3. The number of hydrogen-bond acceptors (Lipinski definition) is 13. The maximum absolute atomic E-state index is 13.5. The predicted molar refractivity (Wildman–Crippen MR) is 331 cm³/mol. The quantitative estimate of drug-likeness (QED) is 0.0295. The molecule has 1 saturated heterocycles. The zero-order valence-corrected chi connectivity index (χ0v) is 52.5. The van der Waals surface area contributed by atoms with Crippen molar-refractivity contribution in [1.82, 2.24) is 29.4 Å². The molecule has 0 radical (unpaired) electrons. The number of likely N-dealkylation sites (N-methyl/N-ethyl adjacent to an activating group) is 2. The van der Waals surface area contributed by atoms with Crippen molar-refractivity contribution >= 4 is 35.8 Å². The lowest BCUT2D eigenvalue weighted by Gasteiger charge is -2.31. The minimum absolute atomic E-state index is 0.00453. The summed E-state index contributed by atoms with van der Waals surface area (Å²) in [6, 6.07) is 0. The van der Waals surface area contributed by atoms with Crippen molar-refractivity contribution in [3.05, 3.63) is 24.3 Å². The van der Waals surface area contributed by atoms with Crippen LogP contribution in [0.25, 0.3) is 0 Å². The average Bonchev–Trinajstić information content (AvgIpc) is 3.42. The molecule has 3 N–H and O–H groups in total. The molecule has 0 saturated carbocycles. The Balaban J connectivity index is 2.52. The highest BCUT2D eigenvalue weighted by Gasteiger charge is 2.22. The average molecular weight is 1160 g/mol. The monoisotopic (exact) mass is 1160 g/mol. The highest BCUT2D eigenvalue weighted by Crippen LogP contribution is 2.15. The molecule has 0 spiro atoms. The van der Waals surface area contributed by atoms with E-state index in [1.807, 2.05) is 28.8 Å². The maximum atomic E-state index is 13.5. The van der Waals surface area contributed by atoms with Gasteiger partial charge in [0.25, 0.3) is 0 Å². The fraction of sp³-hybridized carbons (Fsp3) is 0.846. The lowest BCUT2D eigenvalue weighted by Crippen LogP contribution is -2.46. The van der Waals surface area contributed by atoms with Crippen LogP contribution in [-0.4, -0.2) is 205 Å². The minimum atomic E-state index is -0.967. The van der Waals surface area contributed by atoms with E-state index in [9.17, 15) is 44.1 Å². The van der Waals surface area contributed by atoms with Crippen molar-refractivity contribution < 1.29 is 53.6 Å². The fourth-order valence-electron chi connectivity index (χ4n) is 10.5. The summed E-state index contributed by atoms with van der Waals surface area (Å²) in [6.45, 7) is 9.89. The first kappa shape index (κ1) is 76.1. The van der Waals surface area contributed by atoms with Crippen LogP contribution in [0.4, 0.5) is 0 Å². The standard InChI is InChI=1S/C65H120N6O11/c1-5-7-9-11-13-15-17-19-21-23-27-31-35-41-64(79)81-58-59(82-65(80)42-36-32-28-24-22-20-18-16-14-12-10-8-6-2)53-66(3)43-37-33-29-25-26-30-34-38-44-67(4)60(72)54-68-45-39-46-70(56-62(75)76)51-52-71(57-63(77)78)48-40-47-69(50-49-68)55-61(73)74/h15-18,59H,5-14,19-58H2,1-4H3,(H,73,74)(H,75,76)(H,77,78)/b17-15+,18-16+. The van der Waals surface area contributed by atoms with Crippen molar-refractivity contribution in [1.29, 1.82) is 0 Å². The zero-order valence-electron chi connectivity index (χ0n) is 52.5. The summed E-state index contributed by atoms with van der Waals surface area (Å²) in [5, 5.41) is 28.6. The van der Waals surface area contributed by atoms with Gasteiger partial charge >= 0.3 is 29.8 Å². The van der Waals surface area contributed by atoms with Gasteiger partial charge in [0, 0.05) is 78.8 Å². The number of unbranched alkanes of at least 4 members (excludes halogenated alkanes) is 25. The van der Waals surface area contributed by atoms with E-state index in [1.165, 1.54) is 89.9 Å². The molecule has 1 aliphatic rings. The van der Waals surface area contributed by atoms with E-state index in [0.29, 0.717) is 91.1 Å². The SMILES string of the molecule is CCCCCC/C=C/CCCCCCCC(=O)OCC(CN(C)CCCCCCCCCCN(C)C(=O)CN1CCCN(CC(=O)O)CCN(CC(=O)O)CCCN(CC(=O)O)CC1)OC(=O)CCCCCCC/C=C/CCCCCC. The number of ether oxygens (including phenoxy) is 2. The Morgan fingerprint density at radius 2 is 0.768 bits per heavy atom. The molecule has 1 amide bonds. The largest absolute Gasteiger partial charge is 0.480 e. The summed E-state index contributed by atoms with van der Waals surface area (Å²) in [5.41, 5.74) is 0. The third kappa shape index (κ3) is 48.5. The summed E-state index contributed by atoms with van der Waals surface area (Å²) >= 11 is 0. The topological polar surface area (TPSA) is 201 Å². The smallest absolute Gasteiger partial charge is 0.317 e. The second-order valence-electron chi connectivity index (χ2n) is 23.4. The van der Waals surface area contributed by atoms with Gasteiger partial charge in [-0.2, -0.15) is 0 Å². The van der Waals surface area contributed by atoms with Gasteiger partial charge in [0.1, 0.15) is 12.7 Å². The Hall–Kier alpha value is -3.90. The van der Waals surface area contributed by atoms with Crippen molar-refractivity contribution in [3.63, 3.8) is 0 Å². The van der Waals surface area contributed by atoms with Gasteiger partial charge < -0.3 is 34.6 Å². The Bertz CT molecular complexity index is 1690. The lowest BCUT2D eigenvalue weighted by molar-refractivity contribution is -0.160. The minimum Gasteiger partial charge on any atom is -0.480 e. The number of hydrogen-bond donors (Lipinski definition) is 3. The third-order valence-electron chi connectivity index (χ3n) is 15.5. The molecule has 0 aromatic carbocycles. The maximum Gasteiger partial charge on any atom is 0.317 e. The molecule has 476 valence electrons. The molecule has 0 aliphatic carbocycles. The number of nitrogens with zero attached hydrogens (tertiary/aromatic N) is 6. The number of esters is 2. The molecule has 17 heteroatoms. The molecule has 1 aliphatic heterocycles. The van der Waals surface area contributed by atoms with Crippen LogP contribution in [0.2, 0.25) is 0 Å². The lowest BCUT2D eigenvalue weighted by atomic mass is 10.1. The number of carboxylic acid groups (broad SMARTS) is 3. The van der Waals surface area contributed by atoms with Crippen LogP contribution in [0, 0.1) is 0 Å². The number of carbonyl (C=O) groups is 6. The molecule has 0 aromatic heterocycles. The van der Waals surface area contributed by atoms with E-state index in [0.717, 1.165) is 109 Å². The Kier molecular flexibility index (Phi) is 49.9. The van der Waals surface area contributed by atoms with E-state index in [1.54, 1.807) is 9.80 Å². The molecule has 0 aromatic rings. The number of rotatable bonds is 50. The van der Waals surface area contributed by atoms with Crippen molar-refractivity contribution in [2.75, 3.05) is 119 Å². The second kappa shape index (κ2) is 53.8.